The summed E-state index contributed by atoms with van der Waals surface area (Å²) in [5.74, 6) is -0.0999. The van der Waals surface area contributed by atoms with Gasteiger partial charge in [-0.3, -0.25) is 9.59 Å². The van der Waals surface area contributed by atoms with Gasteiger partial charge in [-0.2, -0.15) is 0 Å². The Morgan fingerprint density at radius 1 is 1.26 bits per heavy atom. The molecule has 5 heteroatoms. The van der Waals surface area contributed by atoms with Gasteiger partial charge in [0.1, 0.15) is 6.04 Å². The minimum Gasteiger partial charge on any atom is -0.378 e. The van der Waals surface area contributed by atoms with Crippen molar-refractivity contribution in [1.82, 2.24) is 10.2 Å². The second kappa shape index (κ2) is 6.71. The first-order chi connectivity index (χ1) is 11.0. The molecule has 2 aliphatic heterocycles. The maximum atomic E-state index is 12.6. The van der Waals surface area contributed by atoms with E-state index in [-0.39, 0.29) is 23.8 Å². The fourth-order valence-corrected chi connectivity index (χ4v) is 3.39. The van der Waals surface area contributed by atoms with Gasteiger partial charge in [0, 0.05) is 25.6 Å². The number of nitrogens with one attached hydrogen (secondary N) is 1. The standard InChI is InChI=1S/C18H24N2O3/c1-12-9-14(7-8-23-12)17(21)19-13(2)18(22)20-10-15-5-3-4-6-16(15)11-20/h3-6,12-14H,7-11H2,1-2H3,(H,19,21)/t12?,13-,14?/m0/s1. The van der Waals surface area contributed by atoms with E-state index in [1.54, 1.807) is 6.92 Å². The number of amides is 2. The summed E-state index contributed by atoms with van der Waals surface area (Å²) in [5.41, 5.74) is 2.38. The van der Waals surface area contributed by atoms with E-state index in [0.717, 1.165) is 12.8 Å². The topological polar surface area (TPSA) is 58.6 Å². The molecule has 0 saturated carbocycles. The molecule has 0 spiro atoms. The van der Waals surface area contributed by atoms with Crippen LogP contribution in [-0.2, 0) is 27.4 Å². The highest BCUT2D eigenvalue weighted by molar-refractivity contribution is 5.88. The van der Waals surface area contributed by atoms with Crippen LogP contribution in [0.3, 0.4) is 0 Å². The van der Waals surface area contributed by atoms with Gasteiger partial charge < -0.3 is 15.0 Å². The molecule has 5 nitrogen and oxygen atoms in total. The maximum absolute atomic E-state index is 12.6. The highest BCUT2D eigenvalue weighted by atomic mass is 16.5. The van der Waals surface area contributed by atoms with Crippen molar-refractivity contribution in [3.63, 3.8) is 0 Å². The van der Waals surface area contributed by atoms with Crippen LogP contribution in [0.5, 0.6) is 0 Å². The molecule has 2 unspecified atom stereocenters. The predicted octanol–water partition coefficient (Wildman–Crippen LogP) is 1.85. The molecule has 1 fully saturated rings. The highest BCUT2D eigenvalue weighted by Gasteiger charge is 2.30. The predicted molar refractivity (Wildman–Crippen MR) is 86.4 cm³/mol. The number of benzene rings is 1. The van der Waals surface area contributed by atoms with Crippen molar-refractivity contribution in [3.8, 4) is 0 Å². The molecule has 1 N–H and O–H groups in total. The van der Waals surface area contributed by atoms with Crippen LogP contribution < -0.4 is 5.32 Å². The van der Waals surface area contributed by atoms with Gasteiger partial charge in [-0.15, -0.1) is 0 Å². The van der Waals surface area contributed by atoms with Crippen LogP contribution in [0.25, 0.3) is 0 Å². The summed E-state index contributed by atoms with van der Waals surface area (Å²) < 4.78 is 5.47. The summed E-state index contributed by atoms with van der Waals surface area (Å²) in [7, 11) is 0. The molecule has 0 bridgehead atoms. The zero-order valence-corrected chi connectivity index (χ0v) is 13.7. The van der Waals surface area contributed by atoms with Crippen LogP contribution in [0, 0.1) is 5.92 Å². The van der Waals surface area contributed by atoms with Crippen molar-refractivity contribution >= 4 is 11.8 Å². The Morgan fingerprint density at radius 2 is 1.91 bits per heavy atom. The lowest BCUT2D eigenvalue weighted by molar-refractivity contribution is -0.138. The van der Waals surface area contributed by atoms with Gasteiger partial charge in [-0.1, -0.05) is 24.3 Å². The number of carbonyl (C=O) groups excluding carboxylic acids is 2. The summed E-state index contributed by atoms with van der Waals surface area (Å²) in [4.78, 5) is 26.7. The van der Waals surface area contributed by atoms with Crippen LogP contribution in [0.15, 0.2) is 24.3 Å². The summed E-state index contributed by atoms with van der Waals surface area (Å²) >= 11 is 0. The van der Waals surface area contributed by atoms with Crippen LogP contribution in [0.2, 0.25) is 0 Å². The number of hydrogen-bond donors (Lipinski definition) is 1. The quantitative estimate of drug-likeness (QED) is 0.926. The third-order valence-electron chi connectivity index (χ3n) is 4.74. The van der Waals surface area contributed by atoms with E-state index < -0.39 is 6.04 Å². The molecule has 2 heterocycles. The van der Waals surface area contributed by atoms with Crippen molar-refractivity contribution in [2.45, 2.75) is 51.9 Å². The number of fused-ring (bicyclic) bond motifs is 1. The molecule has 1 saturated heterocycles. The number of carbonyl (C=O) groups is 2. The van der Waals surface area contributed by atoms with Gasteiger partial charge in [0.15, 0.2) is 0 Å². The van der Waals surface area contributed by atoms with Crippen LogP contribution in [0.1, 0.15) is 37.8 Å². The number of hydrogen-bond acceptors (Lipinski definition) is 3. The summed E-state index contributed by atoms with van der Waals surface area (Å²) in [6, 6.07) is 7.59. The molecule has 0 aliphatic carbocycles. The average molecular weight is 316 g/mol. The van der Waals surface area contributed by atoms with Crippen LogP contribution >= 0.6 is 0 Å². The fraction of sp³-hybridized carbons (Fsp3) is 0.556. The lowest BCUT2D eigenvalue weighted by Gasteiger charge is -2.28. The highest BCUT2D eigenvalue weighted by Crippen LogP contribution is 2.23. The minimum atomic E-state index is -0.491. The molecule has 2 aliphatic rings. The summed E-state index contributed by atoms with van der Waals surface area (Å²) in [6.45, 7) is 5.62. The Kier molecular flexibility index (Phi) is 4.66. The molecular weight excluding hydrogens is 292 g/mol. The zero-order chi connectivity index (χ0) is 16.4. The third-order valence-corrected chi connectivity index (χ3v) is 4.74. The minimum absolute atomic E-state index is 0.0188. The van der Waals surface area contributed by atoms with Crippen molar-refractivity contribution in [2.24, 2.45) is 5.92 Å². The van der Waals surface area contributed by atoms with Crippen LogP contribution in [-0.4, -0.2) is 35.5 Å². The molecule has 0 aromatic heterocycles. The van der Waals surface area contributed by atoms with E-state index >= 15 is 0 Å². The first-order valence-corrected chi connectivity index (χ1v) is 8.32. The van der Waals surface area contributed by atoms with E-state index in [1.807, 2.05) is 24.0 Å². The number of rotatable bonds is 3. The molecule has 23 heavy (non-hydrogen) atoms. The second-order valence-corrected chi connectivity index (χ2v) is 6.60. The number of ether oxygens (including phenoxy) is 1. The fourth-order valence-electron chi connectivity index (χ4n) is 3.39. The molecule has 124 valence electrons. The van der Waals surface area contributed by atoms with Gasteiger partial charge in [0.25, 0.3) is 0 Å². The van der Waals surface area contributed by atoms with Crippen molar-refractivity contribution in [2.75, 3.05) is 6.61 Å². The Morgan fingerprint density at radius 3 is 2.52 bits per heavy atom. The molecular formula is C18H24N2O3. The Hall–Kier alpha value is -1.88. The third kappa shape index (κ3) is 3.55. The smallest absolute Gasteiger partial charge is 0.245 e. The van der Waals surface area contributed by atoms with E-state index in [4.69, 9.17) is 4.74 Å². The molecule has 2 amide bonds. The Labute approximate surface area is 137 Å². The largest absolute Gasteiger partial charge is 0.378 e. The van der Waals surface area contributed by atoms with Gasteiger partial charge in [-0.05, 0) is 37.8 Å². The summed E-state index contributed by atoms with van der Waals surface area (Å²) in [5, 5.41) is 2.89. The maximum Gasteiger partial charge on any atom is 0.245 e. The van der Waals surface area contributed by atoms with Gasteiger partial charge in [-0.25, -0.2) is 0 Å². The van der Waals surface area contributed by atoms with Crippen molar-refractivity contribution < 1.29 is 14.3 Å². The first kappa shape index (κ1) is 16.0. The average Bonchev–Trinajstić information content (AvgIpc) is 2.98. The van der Waals surface area contributed by atoms with Gasteiger partial charge in [0.05, 0.1) is 6.10 Å². The van der Waals surface area contributed by atoms with E-state index in [1.165, 1.54) is 11.1 Å². The Balaban J connectivity index is 1.55. The van der Waals surface area contributed by atoms with Crippen LogP contribution in [0.4, 0.5) is 0 Å². The Bertz CT molecular complexity index is 577. The first-order valence-electron chi connectivity index (χ1n) is 8.32. The van der Waals surface area contributed by atoms with E-state index in [9.17, 15) is 9.59 Å². The summed E-state index contributed by atoms with van der Waals surface area (Å²) in [6.07, 6.45) is 1.56. The lowest BCUT2D eigenvalue weighted by Crippen LogP contribution is -2.48. The van der Waals surface area contributed by atoms with E-state index in [0.29, 0.717) is 19.7 Å². The molecule has 0 radical (unpaired) electrons. The zero-order valence-electron chi connectivity index (χ0n) is 13.7. The number of nitrogens with zero attached hydrogens (tertiary/aromatic N) is 1. The van der Waals surface area contributed by atoms with E-state index in [2.05, 4.69) is 17.4 Å². The van der Waals surface area contributed by atoms with Crippen molar-refractivity contribution in [1.29, 1.82) is 0 Å². The monoisotopic (exact) mass is 316 g/mol. The SMILES string of the molecule is CC1CC(C(=O)N[C@@H](C)C(=O)N2Cc3ccccc3C2)CCO1. The lowest BCUT2D eigenvalue weighted by atomic mass is 9.95. The molecule has 3 atom stereocenters. The molecule has 1 aromatic rings. The van der Waals surface area contributed by atoms with Gasteiger partial charge in [0.2, 0.25) is 11.8 Å². The molecule has 1 aromatic carbocycles. The van der Waals surface area contributed by atoms with Gasteiger partial charge >= 0.3 is 0 Å². The normalized spacial score (nSPS) is 24.9. The molecule has 3 rings (SSSR count). The second-order valence-electron chi connectivity index (χ2n) is 6.60. The van der Waals surface area contributed by atoms with Crippen molar-refractivity contribution in [3.05, 3.63) is 35.4 Å².